The van der Waals surface area contributed by atoms with Crippen molar-refractivity contribution in [2.24, 2.45) is 40.4 Å². The second kappa shape index (κ2) is 8.94. The van der Waals surface area contributed by atoms with E-state index >= 15 is 0 Å². The number of fused-ring (bicyclic) bond motifs is 5. The molecule has 0 aliphatic heterocycles. The minimum atomic E-state index is -0.775. The topological polar surface area (TPSA) is 96.0 Å². The molecule has 7 nitrogen and oxygen atoms in total. The van der Waals surface area contributed by atoms with E-state index in [2.05, 4.69) is 20.8 Å². The number of ether oxygens (including phenoxy) is 3. The van der Waals surface area contributed by atoms with Gasteiger partial charge in [0.1, 0.15) is 12.2 Å². The van der Waals surface area contributed by atoms with Crippen LogP contribution in [0.2, 0.25) is 0 Å². The zero-order valence-corrected chi connectivity index (χ0v) is 21.4. The molecule has 4 aliphatic carbocycles. The Kier molecular flexibility index (Phi) is 6.62. The quantitative estimate of drug-likeness (QED) is 0.442. The number of hydrogen-bond donors (Lipinski definition) is 0. The van der Waals surface area contributed by atoms with E-state index in [0.29, 0.717) is 18.3 Å². The molecular weight excluding hydrogens is 436 g/mol. The minimum Gasteiger partial charge on any atom is -0.458 e. The predicted octanol–water partition coefficient (Wildman–Crippen LogP) is 4.25. The molecule has 190 valence electrons. The summed E-state index contributed by atoms with van der Waals surface area (Å²) in [5.74, 6) is -0.520. The smallest absolute Gasteiger partial charge is 0.303 e. The first-order valence-electron chi connectivity index (χ1n) is 13.0. The van der Waals surface area contributed by atoms with Gasteiger partial charge in [-0.15, -0.1) is 0 Å². The van der Waals surface area contributed by atoms with Gasteiger partial charge in [-0.2, -0.15) is 0 Å². The summed E-state index contributed by atoms with van der Waals surface area (Å²) in [5.41, 5.74) is -0.223. The molecular formula is C27H40O7. The Morgan fingerprint density at radius 2 is 1.41 bits per heavy atom. The Morgan fingerprint density at radius 3 is 2.00 bits per heavy atom. The van der Waals surface area contributed by atoms with E-state index in [1.54, 1.807) is 0 Å². The Labute approximate surface area is 202 Å². The summed E-state index contributed by atoms with van der Waals surface area (Å²) in [6.45, 7) is 10.9. The van der Waals surface area contributed by atoms with E-state index in [4.69, 9.17) is 14.2 Å². The molecule has 34 heavy (non-hydrogen) atoms. The molecule has 0 amide bonds. The van der Waals surface area contributed by atoms with Crippen LogP contribution in [-0.4, -0.2) is 42.0 Å². The highest BCUT2D eigenvalue weighted by atomic mass is 16.6. The van der Waals surface area contributed by atoms with Gasteiger partial charge in [-0.25, -0.2) is 0 Å². The maximum Gasteiger partial charge on any atom is 0.303 e. The van der Waals surface area contributed by atoms with Crippen molar-refractivity contribution in [2.45, 2.75) is 105 Å². The number of hydrogen-bond acceptors (Lipinski definition) is 7. The summed E-state index contributed by atoms with van der Waals surface area (Å²) in [6, 6.07) is 0. The minimum absolute atomic E-state index is 0.0379. The average Bonchev–Trinajstić information content (AvgIpc) is 3.07. The first-order valence-corrected chi connectivity index (χ1v) is 13.0. The largest absolute Gasteiger partial charge is 0.458 e. The molecule has 10 atom stereocenters. The molecule has 4 fully saturated rings. The lowest BCUT2D eigenvalue weighted by molar-refractivity contribution is -0.239. The van der Waals surface area contributed by atoms with Gasteiger partial charge in [0.15, 0.2) is 11.9 Å². The van der Waals surface area contributed by atoms with Crippen LogP contribution in [0.25, 0.3) is 0 Å². The van der Waals surface area contributed by atoms with Crippen molar-refractivity contribution in [3.63, 3.8) is 0 Å². The predicted molar refractivity (Wildman–Crippen MR) is 123 cm³/mol. The van der Waals surface area contributed by atoms with E-state index in [-0.39, 0.29) is 46.8 Å². The highest BCUT2D eigenvalue weighted by Gasteiger charge is 2.68. The second-order valence-corrected chi connectivity index (χ2v) is 11.8. The van der Waals surface area contributed by atoms with Crippen LogP contribution in [0.4, 0.5) is 0 Å². The normalized spacial score (nSPS) is 45.4. The maximum atomic E-state index is 13.0. The van der Waals surface area contributed by atoms with Gasteiger partial charge in [0, 0.05) is 39.0 Å². The summed E-state index contributed by atoms with van der Waals surface area (Å²) in [5, 5.41) is 0. The molecule has 0 bridgehead atoms. The molecule has 0 aromatic rings. The lowest BCUT2D eigenvalue weighted by Crippen LogP contribution is -2.66. The van der Waals surface area contributed by atoms with E-state index < -0.39 is 30.3 Å². The molecule has 7 heteroatoms. The second-order valence-electron chi connectivity index (χ2n) is 11.8. The fraction of sp³-hybridized carbons (Fsp3) is 0.852. The molecule has 0 radical (unpaired) electrons. The lowest BCUT2D eigenvalue weighted by atomic mass is 9.43. The van der Waals surface area contributed by atoms with Gasteiger partial charge in [-0.05, 0) is 60.7 Å². The van der Waals surface area contributed by atoms with E-state index in [9.17, 15) is 19.2 Å². The third-order valence-electron chi connectivity index (χ3n) is 10.1. The van der Waals surface area contributed by atoms with E-state index in [1.807, 2.05) is 0 Å². The number of esters is 3. The fourth-order valence-electron chi connectivity index (χ4n) is 8.80. The van der Waals surface area contributed by atoms with Crippen LogP contribution in [0.1, 0.15) is 86.5 Å². The molecule has 0 heterocycles. The first-order chi connectivity index (χ1) is 15.9. The number of carbonyl (C=O) groups excluding carboxylic acids is 4. The average molecular weight is 477 g/mol. The third-order valence-corrected chi connectivity index (χ3v) is 10.1. The van der Waals surface area contributed by atoms with Crippen molar-refractivity contribution in [3.8, 4) is 0 Å². The van der Waals surface area contributed by atoms with Crippen LogP contribution in [0.5, 0.6) is 0 Å². The van der Waals surface area contributed by atoms with Crippen molar-refractivity contribution < 1.29 is 33.4 Å². The molecule has 0 spiro atoms. The van der Waals surface area contributed by atoms with Crippen LogP contribution >= 0.6 is 0 Å². The SMILES string of the molecule is CC[C@H]1CCC2C3C(OC(C)=O)[C@H](OC(C)=O)C4CC(=O)[C@H](OC(C)=O)C[C@]4(C)C3CC[C@@]21C. The monoisotopic (exact) mass is 476 g/mol. The Morgan fingerprint density at radius 1 is 0.824 bits per heavy atom. The molecule has 4 rings (SSSR count). The van der Waals surface area contributed by atoms with Crippen molar-refractivity contribution in [1.29, 1.82) is 0 Å². The number of rotatable bonds is 4. The zero-order valence-electron chi connectivity index (χ0n) is 21.4. The highest BCUT2D eigenvalue weighted by molar-refractivity contribution is 5.86. The van der Waals surface area contributed by atoms with E-state index in [1.165, 1.54) is 20.8 Å². The molecule has 0 aromatic heterocycles. The van der Waals surface area contributed by atoms with Gasteiger partial charge in [0.05, 0.1) is 0 Å². The molecule has 0 aromatic carbocycles. The van der Waals surface area contributed by atoms with Gasteiger partial charge in [0.25, 0.3) is 0 Å². The summed E-state index contributed by atoms with van der Waals surface area (Å²) < 4.78 is 17.4. The van der Waals surface area contributed by atoms with Crippen LogP contribution in [-0.2, 0) is 33.4 Å². The molecule has 4 aliphatic rings. The molecule has 0 N–H and O–H groups in total. The maximum absolute atomic E-state index is 13.0. The Bertz CT molecular complexity index is 867. The summed E-state index contributed by atoms with van der Waals surface area (Å²) in [4.78, 5) is 49.3. The molecule has 4 saturated carbocycles. The summed E-state index contributed by atoms with van der Waals surface area (Å²) in [6.07, 6.45) is 3.94. The first kappa shape index (κ1) is 25.2. The number of carbonyl (C=O) groups is 4. The van der Waals surface area contributed by atoms with Crippen molar-refractivity contribution in [1.82, 2.24) is 0 Å². The Hall–Kier alpha value is -1.92. The van der Waals surface area contributed by atoms with E-state index in [0.717, 1.165) is 32.1 Å². The summed E-state index contributed by atoms with van der Waals surface area (Å²) in [7, 11) is 0. The molecule has 0 saturated heterocycles. The van der Waals surface area contributed by atoms with Crippen LogP contribution in [0.3, 0.4) is 0 Å². The zero-order chi connectivity index (χ0) is 25.0. The standard InChI is InChI=1S/C27H40O7/c1-7-17-8-9-18-23-19(10-11-26(17,18)5)27(6)13-22(32-14(2)28)21(31)12-20(27)24(33-15(3)29)25(23)34-16(4)30/h17-20,22-25H,7-13H2,1-6H3/t17-,18?,19?,20?,22+,23?,24+,25?,26+,27+/m0/s1. The van der Waals surface area contributed by atoms with Crippen molar-refractivity contribution >= 4 is 23.7 Å². The van der Waals surface area contributed by atoms with Gasteiger partial charge in [0.2, 0.25) is 0 Å². The molecule has 5 unspecified atom stereocenters. The van der Waals surface area contributed by atoms with Crippen molar-refractivity contribution in [2.75, 3.05) is 0 Å². The van der Waals surface area contributed by atoms with Crippen LogP contribution in [0.15, 0.2) is 0 Å². The van der Waals surface area contributed by atoms with Crippen molar-refractivity contribution in [3.05, 3.63) is 0 Å². The fourth-order valence-corrected chi connectivity index (χ4v) is 8.80. The van der Waals surface area contributed by atoms with Gasteiger partial charge >= 0.3 is 17.9 Å². The summed E-state index contributed by atoms with van der Waals surface area (Å²) >= 11 is 0. The number of ketones is 1. The van der Waals surface area contributed by atoms with Gasteiger partial charge in [-0.3, -0.25) is 19.2 Å². The van der Waals surface area contributed by atoms with Gasteiger partial charge < -0.3 is 14.2 Å². The lowest BCUT2D eigenvalue weighted by Gasteiger charge is -2.63. The Balaban J connectivity index is 1.81. The van der Waals surface area contributed by atoms with Gasteiger partial charge in [-0.1, -0.05) is 27.2 Å². The highest BCUT2D eigenvalue weighted by Crippen LogP contribution is 2.68. The van der Waals surface area contributed by atoms with Crippen LogP contribution < -0.4 is 0 Å². The van der Waals surface area contributed by atoms with Crippen LogP contribution in [0, 0.1) is 40.4 Å². The number of Topliss-reactive ketones (excluding diaryl/α,β-unsaturated/α-hetero) is 1. The third kappa shape index (κ3) is 3.97.